The Balaban J connectivity index is 2.30. The van der Waals surface area contributed by atoms with Gasteiger partial charge >= 0.3 is 5.97 Å². The standard InChI is InChI=1S/C43H78O9/c1-3-5-7-9-11-13-15-17-18-19-21-23-25-27-29-31-33-49-35-37(36-50-43-42(48)41(47)40(46)38(34-44)52-43)51-39(45)32-30-28-26-24-22-20-16-14-12-10-8-6-4-2/h5,7,11,13,17-18,37-38,40-44,46-48H,3-4,6,8-10,12,14-16,19-36H2,1-2H3/b7-5-,13-11-,18-17-. The van der Waals surface area contributed by atoms with E-state index in [1.165, 1.54) is 83.5 Å². The SMILES string of the molecule is CC/C=C\C/C=C\C/C=C\CCCCCCCCOCC(COC1OC(CO)C(O)C(O)C1O)OC(=O)CCCCCCCCCCCCCCC. The molecule has 304 valence electrons. The summed E-state index contributed by atoms with van der Waals surface area (Å²) in [7, 11) is 0. The van der Waals surface area contributed by atoms with Crippen molar-refractivity contribution in [1.82, 2.24) is 0 Å². The van der Waals surface area contributed by atoms with Gasteiger partial charge in [0, 0.05) is 13.0 Å². The lowest BCUT2D eigenvalue weighted by atomic mass is 9.99. The maximum atomic E-state index is 12.7. The van der Waals surface area contributed by atoms with Crippen molar-refractivity contribution in [2.75, 3.05) is 26.4 Å². The van der Waals surface area contributed by atoms with Crippen LogP contribution in [0, 0.1) is 0 Å². The lowest BCUT2D eigenvalue weighted by Crippen LogP contribution is -2.59. The third kappa shape index (κ3) is 26.2. The zero-order chi connectivity index (χ0) is 37.9. The van der Waals surface area contributed by atoms with E-state index < -0.39 is 43.4 Å². The molecule has 0 aromatic heterocycles. The number of carbonyl (C=O) groups is 1. The number of unbranched alkanes of at least 4 members (excludes halogenated alkanes) is 18. The van der Waals surface area contributed by atoms with Crippen molar-refractivity contribution >= 4 is 5.97 Å². The molecule has 1 aliphatic heterocycles. The zero-order valence-electron chi connectivity index (χ0n) is 33.1. The van der Waals surface area contributed by atoms with Gasteiger partial charge in [-0.2, -0.15) is 0 Å². The van der Waals surface area contributed by atoms with E-state index in [-0.39, 0.29) is 19.2 Å². The molecule has 6 atom stereocenters. The molecule has 6 unspecified atom stereocenters. The Morgan fingerprint density at radius 3 is 1.77 bits per heavy atom. The average Bonchev–Trinajstić information content (AvgIpc) is 3.14. The van der Waals surface area contributed by atoms with Crippen LogP contribution >= 0.6 is 0 Å². The van der Waals surface area contributed by atoms with Crippen LogP contribution in [0.15, 0.2) is 36.5 Å². The van der Waals surface area contributed by atoms with Gasteiger partial charge in [0.2, 0.25) is 0 Å². The maximum Gasteiger partial charge on any atom is 0.306 e. The number of hydrogen-bond donors (Lipinski definition) is 4. The molecule has 4 N–H and O–H groups in total. The monoisotopic (exact) mass is 739 g/mol. The van der Waals surface area contributed by atoms with E-state index in [4.69, 9.17) is 18.9 Å². The van der Waals surface area contributed by atoms with Gasteiger partial charge in [-0.15, -0.1) is 0 Å². The molecular formula is C43H78O9. The Hall–Kier alpha value is -1.59. The fourth-order valence-corrected chi connectivity index (χ4v) is 6.27. The van der Waals surface area contributed by atoms with Gasteiger partial charge in [0.25, 0.3) is 0 Å². The number of hydrogen-bond acceptors (Lipinski definition) is 9. The van der Waals surface area contributed by atoms with Crippen LogP contribution in [0.2, 0.25) is 0 Å². The van der Waals surface area contributed by atoms with Gasteiger partial charge < -0.3 is 39.4 Å². The van der Waals surface area contributed by atoms with Crippen LogP contribution in [0.5, 0.6) is 0 Å². The fourth-order valence-electron chi connectivity index (χ4n) is 6.27. The van der Waals surface area contributed by atoms with Crippen LogP contribution in [0.1, 0.15) is 168 Å². The number of rotatable bonds is 35. The summed E-state index contributed by atoms with van der Waals surface area (Å²) in [6.07, 6.45) is 33.1. The first-order valence-electron chi connectivity index (χ1n) is 21.1. The summed E-state index contributed by atoms with van der Waals surface area (Å²) in [6, 6.07) is 0. The molecule has 0 radical (unpaired) electrons. The van der Waals surface area contributed by atoms with Gasteiger partial charge in [-0.1, -0.05) is 153 Å². The number of aliphatic hydroxyl groups is 4. The lowest BCUT2D eigenvalue weighted by molar-refractivity contribution is -0.305. The summed E-state index contributed by atoms with van der Waals surface area (Å²) in [5.74, 6) is -0.319. The van der Waals surface area contributed by atoms with Gasteiger partial charge in [0.1, 0.15) is 30.5 Å². The molecule has 1 aliphatic rings. The third-order valence-corrected chi connectivity index (χ3v) is 9.57. The molecule has 1 fully saturated rings. The van der Waals surface area contributed by atoms with E-state index in [0.29, 0.717) is 13.0 Å². The molecule has 0 aromatic rings. The number of aliphatic hydroxyl groups excluding tert-OH is 4. The van der Waals surface area contributed by atoms with Crippen molar-refractivity contribution in [1.29, 1.82) is 0 Å². The quantitative estimate of drug-likeness (QED) is 0.0286. The van der Waals surface area contributed by atoms with Crippen LogP contribution in [0.25, 0.3) is 0 Å². The maximum absolute atomic E-state index is 12.7. The molecule has 0 bridgehead atoms. The number of carbonyl (C=O) groups excluding carboxylic acids is 1. The minimum absolute atomic E-state index is 0.117. The molecule has 0 aromatic carbocycles. The zero-order valence-corrected chi connectivity index (χ0v) is 33.1. The van der Waals surface area contributed by atoms with E-state index in [0.717, 1.165) is 64.2 Å². The first-order chi connectivity index (χ1) is 25.4. The minimum atomic E-state index is -1.54. The van der Waals surface area contributed by atoms with Crippen LogP contribution in [-0.2, 0) is 23.7 Å². The largest absolute Gasteiger partial charge is 0.457 e. The van der Waals surface area contributed by atoms with E-state index >= 15 is 0 Å². The van der Waals surface area contributed by atoms with Gasteiger partial charge in [0.15, 0.2) is 6.29 Å². The third-order valence-electron chi connectivity index (χ3n) is 9.57. The molecule has 1 rings (SSSR count). The summed E-state index contributed by atoms with van der Waals surface area (Å²) < 4.78 is 22.8. The van der Waals surface area contributed by atoms with Crippen LogP contribution in [0.4, 0.5) is 0 Å². The Bertz CT molecular complexity index is 890. The highest BCUT2D eigenvalue weighted by atomic mass is 16.7. The molecule has 0 amide bonds. The highest BCUT2D eigenvalue weighted by Crippen LogP contribution is 2.22. The molecular weight excluding hydrogens is 660 g/mol. The molecule has 0 spiro atoms. The van der Waals surface area contributed by atoms with Crippen LogP contribution in [-0.4, -0.2) is 89.6 Å². The molecule has 1 saturated heterocycles. The first kappa shape index (κ1) is 48.4. The highest BCUT2D eigenvalue weighted by molar-refractivity contribution is 5.69. The van der Waals surface area contributed by atoms with Crippen molar-refractivity contribution in [3.8, 4) is 0 Å². The minimum Gasteiger partial charge on any atom is -0.457 e. The number of esters is 1. The second-order valence-corrected chi connectivity index (χ2v) is 14.4. The van der Waals surface area contributed by atoms with Crippen molar-refractivity contribution in [2.24, 2.45) is 0 Å². The van der Waals surface area contributed by atoms with Gasteiger partial charge in [-0.25, -0.2) is 0 Å². The number of ether oxygens (including phenoxy) is 4. The molecule has 52 heavy (non-hydrogen) atoms. The fraction of sp³-hybridized carbons (Fsp3) is 0.837. The van der Waals surface area contributed by atoms with Crippen molar-refractivity contribution in [2.45, 2.75) is 205 Å². The first-order valence-corrected chi connectivity index (χ1v) is 21.1. The number of allylic oxidation sites excluding steroid dienone is 6. The summed E-state index contributed by atoms with van der Waals surface area (Å²) in [6.45, 7) is 4.42. The van der Waals surface area contributed by atoms with Gasteiger partial charge in [-0.05, 0) is 44.9 Å². The second-order valence-electron chi connectivity index (χ2n) is 14.4. The Kier molecular flexibility index (Phi) is 32.7. The molecule has 1 heterocycles. The normalized spacial score (nSPS) is 21.5. The van der Waals surface area contributed by atoms with E-state index in [9.17, 15) is 25.2 Å². The van der Waals surface area contributed by atoms with Gasteiger partial charge in [-0.3, -0.25) is 4.79 Å². The smallest absolute Gasteiger partial charge is 0.306 e. The van der Waals surface area contributed by atoms with E-state index in [1.807, 2.05) is 0 Å². The average molecular weight is 739 g/mol. The topological polar surface area (TPSA) is 135 Å². The summed E-state index contributed by atoms with van der Waals surface area (Å²) in [5, 5.41) is 40.0. The van der Waals surface area contributed by atoms with Crippen LogP contribution in [0.3, 0.4) is 0 Å². The van der Waals surface area contributed by atoms with Gasteiger partial charge in [0.05, 0.1) is 19.8 Å². The summed E-state index contributed by atoms with van der Waals surface area (Å²) >= 11 is 0. The van der Waals surface area contributed by atoms with E-state index in [2.05, 4.69) is 50.3 Å². The highest BCUT2D eigenvalue weighted by Gasteiger charge is 2.44. The Morgan fingerprint density at radius 2 is 1.17 bits per heavy atom. The lowest BCUT2D eigenvalue weighted by Gasteiger charge is -2.39. The van der Waals surface area contributed by atoms with Crippen molar-refractivity contribution in [3.63, 3.8) is 0 Å². The molecule has 0 saturated carbocycles. The molecule has 9 heteroatoms. The summed E-state index contributed by atoms with van der Waals surface area (Å²) in [5.41, 5.74) is 0. The van der Waals surface area contributed by atoms with Crippen molar-refractivity contribution in [3.05, 3.63) is 36.5 Å². The second kappa shape index (κ2) is 35.1. The van der Waals surface area contributed by atoms with Crippen LogP contribution < -0.4 is 0 Å². The summed E-state index contributed by atoms with van der Waals surface area (Å²) in [4.78, 5) is 12.7. The van der Waals surface area contributed by atoms with Crippen molar-refractivity contribution < 1.29 is 44.2 Å². The van der Waals surface area contributed by atoms with E-state index in [1.54, 1.807) is 0 Å². The molecule has 0 aliphatic carbocycles. The predicted octanol–water partition coefficient (Wildman–Crippen LogP) is 8.80. The predicted molar refractivity (Wildman–Crippen MR) is 210 cm³/mol. The Labute approximate surface area is 317 Å². The molecule has 9 nitrogen and oxygen atoms in total. The Morgan fingerprint density at radius 1 is 0.635 bits per heavy atom.